The first kappa shape index (κ1) is 14.6. The second-order valence-electron chi connectivity index (χ2n) is 7.59. The molecule has 0 radical (unpaired) electrons. The van der Waals surface area contributed by atoms with E-state index in [0.29, 0.717) is 16.9 Å². The summed E-state index contributed by atoms with van der Waals surface area (Å²) in [6.45, 7) is 7.27. The van der Waals surface area contributed by atoms with Crippen LogP contribution in [0.2, 0.25) is 0 Å². The van der Waals surface area contributed by atoms with E-state index in [-0.39, 0.29) is 0 Å². The number of benzene rings is 1. The van der Waals surface area contributed by atoms with E-state index >= 15 is 0 Å². The third-order valence-electron chi connectivity index (χ3n) is 5.93. The fourth-order valence-corrected chi connectivity index (χ4v) is 4.72. The summed E-state index contributed by atoms with van der Waals surface area (Å²) in [4.78, 5) is 0. The number of nitrogens with one attached hydrogen (secondary N) is 1. The Labute approximate surface area is 128 Å². The molecule has 2 aliphatic carbocycles. The second kappa shape index (κ2) is 4.82. The molecule has 21 heavy (non-hydrogen) atoms. The molecule has 3 atom stereocenters. The summed E-state index contributed by atoms with van der Waals surface area (Å²) in [5.74, 6) is 2.51. The highest BCUT2D eigenvalue weighted by atomic mass is 16.5. The fraction of sp³-hybridized carbons (Fsp3) is 0.667. The van der Waals surface area contributed by atoms with Crippen LogP contribution in [0.4, 0.5) is 5.69 Å². The summed E-state index contributed by atoms with van der Waals surface area (Å²) in [7, 11) is 3.39. The van der Waals surface area contributed by atoms with Gasteiger partial charge in [0.15, 0.2) is 0 Å². The van der Waals surface area contributed by atoms with E-state index in [1.54, 1.807) is 14.2 Å². The van der Waals surface area contributed by atoms with E-state index < -0.39 is 0 Å². The Morgan fingerprint density at radius 3 is 2.14 bits per heavy atom. The van der Waals surface area contributed by atoms with Gasteiger partial charge in [-0.1, -0.05) is 20.8 Å². The topological polar surface area (TPSA) is 30.5 Å². The Balaban J connectivity index is 1.89. The molecule has 1 aromatic rings. The van der Waals surface area contributed by atoms with Gasteiger partial charge < -0.3 is 14.8 Å². The molecule has 2 bridgehead atoms. The smallest absolute Gasteiger partial charge is 0.124 e. The third kappa shape index (κ3) is 2.27. The molecule has 0 heterocycles. The number of methoxy groups -OCH3 is 2. The van der Waals surface area contributed by atoms with Gasteiger partial charge in [0.1, 0.15) is 11.5 Å². The van der Waals surface area contributed by atoms with Gasteiger partial charge in [0, 0.05) is 29.9 Å². The zero-order chi connectivity index (χ0) is 15.3. The van der Waals surface area contributed by atoms with Crippen molar-refractivity contribution in [2.24, 2.45) is 16.7 Å². The van der Waals surface area contributed by atoms with Crippen molar-refractivity contribution >= 4 is 5.69 Å². The van der Waals surface area contributed by atoms with Crippen molar-refractivity contribution in [3.8, 4) is 11.5 Å². The van der Waals surface area contributed by atoms with Crippen LogP contribution in [0.5, 0.6) is 11.5 Å². The van der Waals surface area contributed by atoms with Crippen LogP contribution < -0.4 is 14.8 Å². The van der Waals surface area contributed by atoms with Gasteiger partial charge in [0.2, 0.25) is 0 Å². The molecule has 1 N–H and O–H groups in total. The van der Waals surface area contributed by atoms with Crippen LogP contribution in [0.1, 0.15) is 40.0 Å². The number of fused-ring (bicyclic) bond motifs is 2. The molecule has 0 saturated heterocycles. The predicted octanol–water partition coefficient (Wildman–Crippen LogP) is 4.33. The molecule has 0 amide bonds. The quantitative estimate of drug-likeness (QED) is 0.895. The summed E-state index contributed by atoms with van der Waals surface area (Å²) in [5, 5.41) is 3.79. The van der Waals surface area contributed by atoms with Crippen molar-refractivity contribution in [1.82, 2.24) is 0 Å². The summed E-state index contributed by atoms with van der Waals surface area (Å²) in [6, 6.07) is 6.54. The average molecular weight is 289 g/mol. The van der Waals surface area contributed by atoms with Crippen LogP contribution in [-0.4, -0.2) is 20.3 Å². The van der Waals surface area contributed by atoms with Crippen molar-refractivity contribution in [1.29, 1.82) is 0 Å². The molecule has 3 nitrogen and oxygen atoms in total. The number of rotatable bonds is 4. The molecule has 2 fully saturated rings. The minimum atomic E-state index is 0.337. The number of hydrogen-bond acceptors (Lipinski definition) is 3. The van der Waals surface area contributed by atoms with Crippen LogP contribution in [0.25, 0.3) is 0 Å². The highest BCUT2D eigenvalue weighted by molar-refractivity contribution is 5.55. The molecule has 0 aliphatic heterocycles. The lowest BCUT2D eigenvalue weighted by Crippen LogP contribution is -2.45. The van der Waals surface area contributed by atoms with Crippen LogP contribution in [0.3, 0.4) is 0 Å². The SMILES string of the molecule is COc1cc(NC2C3(C)CCC(C3)C2(C)C)cc(OC)c1. The first-order valence-electron chi connectivity index (χ1n) is 7.89. The van der Waals surface area contributed by atoms with Gasteiger partial charge in [-0.2, -0.15) is 0 Å². The van der Waals surface area contributed by atoms with Gasteiger partial charge in [-0.3, -0.25) is 0 Å². The minimum absolute atomic E-state index is 0.337. The van der Waals surface area contributed by atoms with Gasteiger partial charge in [-0.25, -0.2) is 0 Å². The molecule has 0 aromatic heterocycles. The summed E-state index contributed by atoms with van der Waals surface area (Å²) in [5.41, 5.74) is 1.84. The maximum Gasteiger partial charge on any atom is 0.124 e. The van der Waals surface area contributed by atoms with Gasteiger partial charge in [0.05, 0.1) is 14.2 Å². The predicted molar refractivity (Wildman–Crippen MR) is 86.2 cm³/mol. The normalized spacial score (nSPS) is 33.0. The summed E-state index contributed by atoms with van der Waals surface area (Å²) < 4.78 is 10.8. The Morgan fingerprint density at radius 1 is 1.05 bits per heavy atom. The van der Waals surface area contributed by atoms with E-state index in [1.165, 1.54) is 19.3 Å². The zero-order valence-electron chi connectivity index (χ0n) is 13.8. The maximum absolute atomic E-state index is 5.38. The number of ether oxygens (including phenoxy) is 2. The lowest BCUT2D eigenvalue weighted by atomic mass is 9.68. The second-order valence-corrected chi connectivity index (χ2v) is 7.59. The third-order valence-corrected chi connectivity index (χ3v) is 5.93. The largest absolute Gasteiger partial charge is 0.497 e. The number of hydrogen-bond donors (Lipinski definition) is 1. The van der Waals surface area contributed by atoms with Gasteiger partial charge in [-0.15, -0.1) is 0 Å². The highest BCUT2D eigenvalue weighted by Gasteiger charge is 2.59. The Morgan fingerprint density at radius 2 is 1.67 bits per heavy atom. The molecule has 3 heteroatoms. The zero-order valence-corrected chi connectivity index (χ0v) is 13.8. The average Bonchev–Trinajstić information content (AvgIpc) is 2.94. The fourth-order valence-electron chi connectivity index (χ4n) is 4.72. The van der Waals surface area contributed by atoms with Gasteiger partial charge in [-0.05, 0) is 36.0 Å². The lowest BCUT2D eigenvalue weighted by molar-refractivity contribution is 0.155. The van der Waals surface area contributed by atoms with E-state index in [2.05, 4.69) is 38.2 Å². The van der Waals surface area contributed by atoms with Crippen LogP contribution in [0.15, 0.2) is 18.2 Å². The highest BCUT2D eigenvalue weighted by Crippen LogP contribution is 2.63. The van der Waals surface area contributed by atoms with Crippen molar-refractivity contribution in [3.05, 3.63) is 18.2 Å². The first-order chi connectivity index (χ1) is 9.89. The standard InChI is InChI=1S/C18H27NO2/c1-17(2)12-6-7-18(3,11-12)16(17)19-13-8-14(20-4)10-15(9-13)21-5/h8-10,12,16,19H,6-7,11H2,1-5H3. The number of anilines is 1. The summed E-state index contributed by atoms with van der Waals surface area (Å²) in [6.07, 6.45) is 4.06. The van der Waals surface area contributed by atoms with E-state index in [4.69, 9.17) is 9.47 Å². The van der Waals surface area contributed by atoms with Gasteiger partial charge >= 0.3 is 0 Å². The molecular formula is C18H27NO2. The van der Waals surface area contributed by atoms with Crippen molar-refractivity contribution < 1.29 is 9.47 Å². The molecule has 2 saturated carbocycles. The summed E-state index contributed by atoms with van der Waals surface area (Å²) >= 11 is 0. The van der Waals surface area contributed by atoms with Crippen LogP contribution in [0, 0.1) is 16.7 Å². The van der Waals surface area contributed by atoms with Crippen molar-refractivity contribution in [3.63, 3.8) is 0 Å². The minimum Gasteiger partial charge on any atom is -0.497 e. The molecule has 2 aliphatic rings. The van der Waals surface area contributed by atoms with Crippen molar-refractivity contribution in [2.45, 2.75) is 46.1 Å². The monoisotopic (exact) mass is 289 g/mol. The Kier molecular flexibility index (Phi) is 3.34. The van der Waals surface area contributed by atoms with Crippen LogP contribution in [-0.2, 0) is 0 Å². The molecule has 1 aromatic carbocycles. The van der Waals surface area contributed by atoms with E-state index in [1.807, 2.05) is 6.07 Å². The lowest BCUT2D eigenvalue weighted by Gasteiger charge is -2.43. The Hall–Kier alpha value is -1.38. The first-order valence-corrected chi connectivity index (χ1v) is 7.89. The molecular weight excluding hydrogens is 262 g/mol. The molecule has 3 unspecified atom stereocenters. The van der Waals surface area contributed by atoms with Gasteiger partial charge in [0.25, 0.3) is 0 Å². The molecule has 116 valence electrons. The Bertz CT molecular complexity index is 513. The molecule has 3 rings (SSSR count). The van der Waals surface area contributed by atoms with Crippen molar-refractivity contribution in [2.75, 3.05) is 19.5 Å². The molecule has 0 spiro atoms. The van der Waals surface area contributed by atoms with E-state index in [0.717, 1.165) is 23.1 Å². The maximum atomic E-state index is 5.38. The van der Waals surface area contributed by atoms with Crippen LogP contribution >= 0.6 is 0 Å². The van der Waals surface area contributed by atoms with E-state index in [9.17, 15) is 0 Å².